The monoisotopic (exact) mass is 405 g/mol. The molecule has 0 aliphatic carbocycles. The van der Waals surface area contributed by atoms with E-state index in [1.165, 1.54) is 6.07 Å². The maximum absolute atomic E-state index is 13.8. The van der Waals surface area contributed by atoms with Crippen LogP contribution in [-0.4, -0.2) is 11.1 Å². The van der Waals surface area contributed by atoms with Crippen LogP contribution >= 0.6 is 0 Å². The van der Waals surface area contributed by atoms with E-state index < -0.39 is 12.0 Å². The summed E-state index contributed by atoms with van der Waals surface area (Å²) in [4.78, 5) is 11.1. The van der Waals surface area contributed by atoms with E-state index >= 15 is 0 Å². The van der Waals surface area contributed by atoms with Crippen LogP contribution in [0.15, 0.2) is 71.1 Å². The molecule has 0 bridgehead atoms. The van der Waals surface area contributed by atoms with Crippen molar-refractivity contribution in [2.75, 3.05) is 0 Å². The molecule has 0 radical (unpaired) electrons. The average molecular weight is 405 g/mol. The van der Waals surface area contributed by atoms with Crippen LogP contribution in [0.3, 0.4) is 0 Å². The third-order valence-corrected chi connectivity index (χ3v) is 4.83. The molecule has 0 fully saturated rings. The summed E-state index contributed by atoms with van der Waals surface area (Å²) in [5, 5.41) is 9.72. The Morgan fingerprint density at radius 1 is 1.03 bits per heavy atom. The molecule has 0 atom stereocenters. The van der Waals surface area contributed by atoms with Gasteiger partial charge in [-0.15, -0.1) is 0 Å². The van der Waals surface area contributed by atoms with Gasteiger partial charge in [-0.3, -0.25) is 4.79 Å². The molecule has 0 amide bonds. The van der Waals surface area contributed by atoms with E-state index in [9.17, 15) is 9.18 Å². The van der Waals surface area contributed by atoms with Crippen LogP contribution in [0, 0.1) is 6.01 Å². The van der Waals surface area contributed by atoms with E-state index in [0.29, 0.717) is 28.8 Å². The molecule has 152 valence electrons. The number of para-hydroxylation sites is 1. The number of ether oxygens (including phenoxy) is 1. The number of carboxylic acids is 1. The molecule has 0 aliphatic rings. The number of halogens is 1. The lowest BCUT2D eigenvalue weighted by atomic mass is 9.99. The molecule has 0 spiro atoms. The zero-order valence-corrected chi connectivity index (χ0v) is 16.1. The van der Waals surface area contributed by atoms with Crippen molar-refractivity contribution >= 4 is 16.9 Å². The molecule has 1 aromatic heterocycles. The van der Waals surface area contributed by atoms with Gasteiger partial charge in [0.15, 0.2) is 0 Å². The highest BCUT2D eigenvalue weighted by molar-refractivity contribution is 5.93. The smallest absolute Gasteiger partial charge is 0.307 e. The Hall–Kier alpha value is -3.64. The Bertz CT molecular complexity index is 1220. The lowest BCUT2D eigenvalue weighted by Gasteiger charge is -2.12. The highest BCUT2D eigenvalue weighted by atomic mass is 19.1. The van der Waals surface area contributed by atoms with Gasteiger partial charge in [-0.25, -0.2) is 0 Å². The van der Waals surface area contributed by atoms with E-state index in [2.05, 4.69) is 0 Å². The van der Waals surface area contributed by atoms with Crippen molar-refractivity contribution in [3.63, 3.8) is 0 Å². The number of fused-ring (bicyclic) bond motifs is 1. The summed E-state index contributed by atoms with van der Waals surface area (Å²) in [5.74, 6) is -0.423. The number of rotatable bonds is 7. The highest BCUT2D eigenvalue weighted by Crippen LogP contribution is 2.33. The first-order valence-electron chi connectivity index (χ1n) is 9.47. The number of aliphatic carboxylic acids is 1. The molecule has 5 nitrogen and oxygen atoms in total. The topological polar surface area (TPSA) is 85.7 Å². The molecule has 3 N–H and O–H groups in total. The van der Waals surface area contributed by atoms with Gasteiger partial charge >= 0.3 is 5.97 Å². The van der Waals surface area contributed by atoms with Gasteiger partial charge in [-0.2, -0.15) is 4.39 Å². The molecule has 4 rings (SSSR count). The number of hydrogen-bond donors (Lipinski definition) is 2. The minimum Gasteiger partial charge on any atom is -0.489 e. The second kappa shape index (κ2) is 8.39. The normalized spacial score (nSPS) is 11.0. The van der Waals surface area contributed by atoms with Gasteiger partial charge in [0.25, 0.3) is 6.01 Å². The Kier molecular flexibility index (Phi) is 5.50. The van der Waals surface area contributed by atoms with Crippen LogP contribution in [0.2, 0.25) is 0 Å². The van der Waals surface area contributed by atoms with Crippen LogP contribution in [0.1, 0.15) is 16.7 Å². The first kappa shape index (κ1) is 19.7. The summed E-state index contributed by atoms with van der Waals surface area (Å²) < 4.78 is 25.1. The zero-order chi connectivity index (χ0) is 21.1. The van der Waals surface area contributed by atoms with Crippen molar-refractivity contribution in [3.8, 4) is 16.9 Å². The number of nitrogens with two attached hydrogens (primary N) is 1. The lowest BCUT2D eigenvalue weighted by molar-refractivity contribution is -0.136. The van der Waals surface area contributed by atoms with Crippen LogP contribution in [0.25, 0.3) is 22.1 Å². The number of carbonyl (C=O) groups is 1. The van der Waals surface area contributed by atoms with Crippen molar-refractivity contribution in [1.82, 2.24) is 0 Å². The number of hydrogen-bond acceptors (Lipinski definition) is 4. The molecular weight excluding hydrogens is 385 g/mol. The van der Waals surface area contributed by atoms with Crippen LogP contribution < -0.4 is 10.5 Å². The van der Waals surface area contributed by atoms with Crippen LogP contribution in [0.5, 0.6) is 5.75 Å². The third kappa shape index (κ3) is 4.18. The number of benzene rings is 3. The van der Waals surface area contributed by atoms with Gasteiger partial charge in [0, 0.05) is 29.1 Å². The van der Waals surface area contributed by atoms with E-state index in [1.807, 2.05) is 30.3 Å². The van der Waals surface area contributed by atoms with E-state index in [0.717, 1.165) is 22.3 Å². The number of furan rings is 1. The molecule has 0 saturated heterocycles. The average Bonchev–Trinajstić information content (AvgIpc) is 3.12. The minimum absolute atomic E-state index is 0.126. The second-order valence-corrected chi connectivity index (χ2v) is 6.98. The van der Waals surface area contributed by atoms with Gasteiger partial charge in [0.2, 0.25) is 0 Å². The predicted octanol–water partition coefficient (Wildman–Crippen LogP) is 4.90. The summed E-state index contributed by atoms with van der Waals surface area (Å²) in [5.41, 5.74) is 10.2. The summed E-state index contributed by atoms with van der Waals surface area (Å²) in [6.45, 7) is 0.593. The van der Waals surface area contributed by atoms with Gasteiger partial charge in [-0.05, 0) is 41.0 Å². The molecule has 0 aliphatic heterocycles. The minimum atomic E-state index is -0.927. The van der Waals surface area contributed by atoms with Crippen molar-refractivity contribution in [2.45, 2.75) is 19.6 Å². The first-order chi connectivity index (χ1) is 14.5. The van der Waals surface area contributed by atoms with Gasteiger partial charge in [0.1, 0.15) is 17.9 Å². The molecule has 0 unspecified atom stereocenters. The SMILES string of the molecule is NCc1cccc(-c2cc(COc3ccccc3CC(=O)O)cc3cc(F)oc23)c1. The number of carboxylic acid groups (broad SMARTS) is 1. The zero-order valence-electron chi connectivity index (χ0n) is 16.1. The molecule has 1 heterocycles. The third-order valence-electron chi connectivity index (χ3n) is 4.83. The van der Waals surface area contributed by atoms with E-state index in [4.69, 9.17) is 20.0 Å². The molecule has 4 aromatic rings. The first-order valence-corrected chi connectivity index (χ1v) is 9.47. The predicted molar refractivity (Wildman–Crippen MR) is 112 cm³/mol. The molecule has 30 heavy (non-hydrogen) atoms. The fourth-order valence-electron chi connectivity index (χ4n) is 3.46. The summed E-state index contributed by atoms with van der Waals surface area (Å²) in [6, 6.07) is 19.1. The Morgan fingerprint density at radius 3 is 2.67 bits per heavy atom. The van der Waals surface area contributed by atoms with Crippen LogP contribution in [0.4, 0.5) is 4.39 Å². The fourth-order valence-corrected chi connectivity index (χ4v) is 3.46. The van der Waals surface area contributed by atoms with Crippen molar-refractivity contribution in [3.05, 3.63) is 89.4 Å². The van der Waals surface area contributed by atoms with Crippen molar-refractivity contribution < 1.29 is 23.4 Å². The molecule has 0 saturated carbocycles. The van der Waals surface area contributed by atoms with Gasteiger partial charge in [-0.1, -0.05) is 36.4 Å². The van der Waals surface area contributed by atoms with Crippen molar-refractivity contribution in [2.24, 2.45) is 5.73 Å². The van der Waals surface area contributed by atoms with Crippen molar-refractivity contribution in [1.29, 1.82) is 0 Å². The van der Waals surface area contributed by atoms with Crippen LogP contribution in [-0.2, 0) is 24.4 Å². The quantitative estimate of drug-likeness (QED) is 0.457. The second-order valence-electron chi connectivity index (χ2n) is 6.98. The molecular formula is C24H20FNO4. The maximum atomic E-state index is 13.8. The Morgan fingerprint density at radius 2 is 1.87 bits per heavy atom. The largest absolute Gasteiger partial charge is 0.489 e. The summed E-state index contributed by atoms with van der Waals surface area (Å²) in [7, 11) is 0. The van der Waals surface area contributed by atoms with E-state index in [1.54, 1.807) is 30.3 Å². The van der Waals surface area contributed by atoms with Gasteiger partial charge < -0.3 is 20.0 Å². The lowest BCUT2D eigenvalue weighted by Crippen LogP contribution is -2.04. The van der Waals surface area contributed by atoms with Gasteiger partial charge in [0.05, 0.1) is 6.42 Å². The van der Waals surface area contributed by atoms with E-state index in [-0.39, 0.29) is 13.0 Å². The Labute approximate surface area is 172 Å². The highest BCUT2D eigenvalue weighted by Gasteiger charge is 2.14. The Balaban J connectivity index is 1.70. The fraction of sp³-hybridized carbons (Fsp3) is 0.125. The summed E-state index contributed by atoms with van der Waals surface area (Å²) >= 11 is 0. The maximum Gasteiger partial charge on any atom is 0.307 e. The summed E-state index contributed by atoms with van der Waals surface area (Å²) in [6.07, 6.45) is -0.126. The molecule has 6 heteroatoms. The standard InChI is InChI=1S/C24H20FNO4/c25-22-11-19-9-16(14-29-21-7-2-1-5-18(21)12-23(27)28)10-20(24(19)30-22)17-6-3-4-15(8-17)13-26/h1-11H,12-14,26H2,(H,27,28). The molecule has 3 aromatic carbocycles.